The number of halogens is 1. The van der Waals surface area contributed by atoms with Gasteiger partial charge in [-0.1, -0.05) is 36.2 Å². The number of esters is 1. The molecule has 0 heterocycles. The van der Waals surface area contributed by atoms with Crippen molar-refractivity contribution < 1.29 is 9.53 Å². The Hall–Kier alpha value is -1.02. The minimum Gasteiger partial charge on any atom is -0.462 e. The van der Waals surface area contributed by atoms with Crippen LogP contribution < -0.4 is 0 Å². The maximum absolute atomic E-state index is 12.1. The van der Waals surface area contributed by atoms with Crippen molar-refractivity contribution in [3.63, 3.8) is 0 Å². The van der Waals surface area contributed by atoms with Gasteiger partial charge in [0.05, 0.1) is 5.92 Å². The van der Waals surface area contributed by atoms with Gasteiger partial charge in [-0.3, -0.25) is 4.79 Å². The quantitative estimate of drug-likeness (QED) is 0.770. The van der Waals surface area contributed by atoms with E-state index in [0.717, 1.165) is 29.8 Å². The third kappa shape index (κ3) is 2.94. The van der Waals surface area contributed by atoms with Crippen molar-refractivity contribution in [1.29, 1.82) is 0 Å². The summed E-state index contributed by atoms with van der Waals surface area (Å²) >= 11 is 6.17. The van der Waals surface area contributed by atoms with Crippen LogP contribution in [-0.2, 0) is 9.53 Å². The van der Waals surface area contributed by atoms with Crippen molar-refractivity contribution in [3.8, 4) is 0 Å². The van der Waals surface area contributed by atoms with Crippen LogP contribution in [0, 0.1) is 5.92 Å². The summed E-state index contributed by atoms with van der Waals surface area (Å²) in [4.78, 5) is 12.1. The normalized spacial score (nSPS) is 27.0. The van der Waals surface area contributed by atoms with Crippen LogP contribution in [-0.4, -0.2) is 12.1 Å². The van der Waals surface area contributed by atoms with E-state index >= 15 is 0 Å². The first-order chi connectivity index (χ1) is 9.25. The van der Waals surface area contributed by atoms with E-state index in [2.05, 4.69) is 0 Å². The van der Waals surface area contributed by atoms with E-state index in [-0.39, 0.29) is 23.9 Å². The molecule has 2 saturated carbocycles. The lowest BCUT2D eigenvalue weighted by atomic mass is 9.98. The number of benzene rings is 1. The van der Waals surface area contributed by atoms with Crippen LogP contribution in [0.4, 0.5) is 0 Å². The van der Waals surface area contributed by atoms with E-state index in [9.17, 15) is 4.79 Å². The predicted molar refractivity (Wildman–Crippen MR) is 75.3 cm³/mol. The summed E-state index contributed by atoms with van der Waals surface area (Å²) in [5, 5.41) is 0.764. The lowest BCUT2D eigenvalue weighted by Crippen LogP contribution is -2.22. The topological polar surface area (TPSA) is 26.3 Å². The third-order valence-corrected chi connectivity index (χ3v) is 4.58. The molecule has 2 nitrogen and oxygen atoms in total. The fourth-order valence-electron chi connectivity index (χ4n) is 3.01. The number of carbonyl (C=O) groups excluding carboxylic acids is 1. The van der Waals surface area contributed by atoms with Crippen LogP contribution in [0.1, 0.15) is 50.0 Å². The highest BCUT2D eigenvalue weighted by molar-refractivity contribution is 6.31. The van der Waals surface area contributed by atoms with E-state index in [1.807, 2.05) is 24.3 Å². The zero-order valence-corrected chi connectivity index (χ0v) is 11.7. The van der Waals surface area contributed by atoms with E-state index in [1.165, 1.54) is 19.3 Å². The molecule has 0 aliphatic heterocycles. The van der Waals surface area contributed by atoms with Crippen LogP contribution in [0.3, 0.4) is 0 Å². The van der Waals surface area contributed by atoms with Crippen molar-refractivity contribution in [2.24, 2.45) is 5.92 Å². The molecule has 2 fully saturated rings. The fourth-order valence-corrected chi connectivity index (χ4v) is 3.29. The molecule has 3 rings (SSSR count). The van der Waals surface area contributed by atoms with Gasteiger partial charge in [-0.25, -0.2) is 0 Å². The van der Waals surface area contributed by atoms with Crippen molar-refractivity contribution in [3.05, 3.63) is 34.9 Å². The number of carbonyl (C=O) groups is 1. The summed E-state index contributed by atoms with van der Waals surface area (Å²) in [7, 11) is 0. The zero-order valence-electron chi connectivity index (χ0n) is 11.0. The summed E-state index contributed by atoms with van der Waals surface area (Å²) in [6.45, 7) is 0. The number of hydrogen-bond donors (Lipinski definition) is 0. The van der Waals surface area contributed by atoms with E-state index in [0.29, 0.717) is 0 Å². The lowest BCUT2D eigenvalue weighted by molar-refractivity contribution is -0.152. The van der Waals surface area contributed by atoms with Gasteiger partial charge >= 0.3 is 5.97 Å². The molecule has 19 heavy (non-hydrogen) atoms. The minimum absolute atomic E-state index is 0.0168. The van der Waals surface area contributed by atoms with E-state index < -0.39 is 0 Å². The Bertz CT molecular complexity index is 466. The van der Waals surface area contributed by atoms with Crippen LogP contribution >= 0.6 is 11.6 Å². The Balaban J connectivity index is 1.57. The molecule has 0 bridgehead atoms. The molecule has 2 aliphatic rings. The molecular formula is C16H19ClO2. The van der Waals surface area contributed by atoms with Gasteiger partial charge in [-0.2, -0.15) is 0 Å². The van der Waals surface area contributed by atoms with Gasteiger partial charge in [-0.15, -0.1) is 0 Å². The number of rotatable bonds is 3. The number of ether oxygens (including phenoxy) is 1. The van der Waals surface area contributed by atoms with Gasteiger partial charge in [0, 0.05) is 5.02 Å². The maximum atomic E-state index is 12.1. The molecule has 102 valence electrons. The smallest absolute Gasteiger partial charge is 0.309 e. The first kappa shape index (κ1) is 13.0. The number of hydrogen-bond acceptors (Lipinski definition) is 2. The Morgan fingerprint density at radius 1 is 1.16 bits per heavy atom. The summed E-state index contributed by atoms with van der Waals surface area (Å²) < 4.78 is 5.62. The summed E-state index contributed by atoms with van der Waals surface area (Å²) in [5.74, 6) is 0.281. The highest BCUT2D eigenvalue weighted by atomic mass is 35.5. The Morgan fingerprint density at radius 2 is 1.89 bits per heavy atom. The summed E-state index contributed by atoms with van der Waals surface area (Å²) in [6.07, 6.45) is 6.78. The predicted octanol–water partition coefficient (Wildman–Crippen LogP) is 4.32. The summed E-state index contributed by atoms with van der Waals surface area (Å²) in [5.41, 5.74) is 1.09. The monoisotopic (exact) mass is 278 g/mol. The molecular weight excluding hydrogens is 260 g/mol. The van der Waals surface area contributed by atoms with Crippen LogP contribution in [0.5, 0.6) is 0 Å². The maximum Gasteiger partial charge on any atom is 0.309 e. The second kappa shape index (κ2) is 5.54. The third-order valence-electron chi connectivity index (χ3n) is 4.23. The van der Waals surface area contributed by atoms with Gasteiger partial charge in [0.2, 0.25) is 0 Å². The molecule has 2 aliphatic carbocycles. The SMILES string of the molecule is O=C(OC1CCCCC1)C1CC1c1ccccc1Cl. The standard InChI is InChI=1S/C16H19ClO2/c17-15-9-5-4-8-12(15)13-10-14(13)16(18)19-11-6-2-1-3-7-11/h4-5,8-9,11,13-14H,1-3,6-7,10H2. The first-order valence-electron chi connectivity index (χ1n) is 7.20. The van der Waals surface area contributed by atoms with Crippen molar-refractivity contribution in [2.75, 3.05) is 0 Å². The Kier molecular flexibility index (Phi) is 3.79. The Labute approximate surface area is 119 Å². The molecule has 0 saturated heterocycles. The van der Waals surface area contributed by atoms with Crippen LogP contribution in [0.25, 0.3) is 0 Å². The van der Waals surface area contributed by atoms with Gasteiger partial charge in [-0.05, 0) is 49.7 Å². The molecule has 1 aromatic carbocycles. The molecule has 3 heteroatoms. The van der Waals surface area contributed by atoms with Crippen LogP contribution in [0.2, 0.25) is 5.02 Å². The largest absolute Gasteiger partial charge is 0.462 e. The molecule has 0 N–H and O–H groups in total. The highest BCUT2D eigenvalue weighted by Gasteiger charge is 2.46. The highest BCUT2D eigenvalue weighted by Crippen LogP contribution is 2.50. The minimum atomic E-state index is -0.0168. The molecule has 0 radical (unpaired) electrons. The van der Waals surface area contributed by atoms with Gasteiger partial charge in [0.15, 0.2) is 0 Å². The molecule has 2 atom stereocenters. The van der Waals surface area contributed by atoms with Crippen molar-refractivity contribution in [2.45, 2.75) is 50.5 Å². The van der Waals surface area contributed by atoms with Gasteiger partial charge in [0.1, 0.15) is 6.10 Å². The zero-order chi connectivity index (χ0) is 13.2. The molecule has 0 spiro atoms. The second-order valence-electron chi connectivity index (χ2n) is 5.67. The fraction of sp³-hybridized carbons (Fsp3) is 0.562. The van der Waals surface area contributed by atoms with E-state index in [4.69, 9.17) is 16.3 Å². The van der Waals surface area contributed by atoms with Gasteiger partial charge < -0.3 is 4.74 Å². The van der Waals surface area contributed by atoms with Crippen LogP contribution in [0.15, 0.2) is 24.3 Å². The average Bonchev–Trinajstić information content (AvgIpc) is 3.21. The molecule has 0 amide bonds. The van der Waals surface area contributed by atoms with Crippen molar-refractivity contribution >= 4 is 17.6 Å². The second-order valence-corrected chi connectivity index (χ2v) is 6.07. The first-order valence-corrected chi connectivity index (χ1v) is 7.58. The summed E-state index contributed by atoms with van der Waals surface area (Å²) in [6, 6.07) is 7.80. The van der Waals surface area contributed by atoms with E-state index in [1.54, 1.807) is 0 Å². The van der Waals surface area contributed by atoms with Gasteiger partial charge in [0.25, 0.3) is 0 Å². The van der Waals surface area contributed by atoms with Crippen molar-refractivity contribution in [1.82, 2.24) is 0 Å². The molecule has 0 aromatic heterocycles. The lowest BCUT2D eigenvalue weighted by Gasteiger charge is -2.21. The average molecular weight is 279 g/mol. The molecule has 2 unspecified atom stereocenters. The molecule has 1 aromatic rings. The Morgan fingerprint density at radius 3 is 2.63 bits per heavy atom.